The number of piperidine rings is 1. The standard InChI is InChI=1S/C35H40F6N4O2/c1-33(2)15-25-28(26(47)16-33)27(21-7-11-34(37,38)12-8-21)29(30(36)22-3-5-24(6-4-22)35(39,40)41)31(44-25)23-9-13-45(14-10-23)32-42-17-20(19-46)18-43-32/h3-6,17-18,21,23,26,30,46-47H,7-16,19H2,1-2H3/t26-,30?/m0/s1. The lowest BCUT2D eigenvalue weighted by molar-refractivity contribution is -0.137. The Morgan fingerprint density at radius 3 is 2.13 bits per heavy atom. The van der Waals surface area contributed by atoms with Crippen LogP contribution in [0, 0.1) is 5.41 Å². The van der Waals surface area contributed by atoms with Gasteiger partial charge in [0.25, 0.3) is 0 Å². The highest BCUT2D eigenvalue weighted by Gasteiger charge is 2.43. The SMILES string of the molecule is CC1(C)Cc2nc(C3CCN(c4ncc(CO)cn4)CC3)c(C(F)c3ccc(C(F)(F)F)cc3)c(C3CCC(F)(F)CC3)c2[C@@H](O)C1. The van der Waals surface area contributed by atoms with Crippen LogP contribution in [0.15, 0.2) is 36.7 Å². The van der Waals surface area contributed by atoms with Crippen molar-refractivity contribution in [2.75, 3.05) is 18.0 Å². The van der Waals surface area contributed by atoms with E-state index in [1.807, 2.05) is 18.7 Å². The fraction of sp³-hybridized carbons (Fsp3) is 0.571. The van der Waals surface area contributed by atoms with E-state index in [-0.39, 0.29) is 54.7 Å². The molecule has 2 atom stereocenters. The largest absolute Gasteiger partial charge is 0.416 e. The quantitative estimate of drug-likeness (QED) is 0.260. The normalized spacial score (nSPS) is 22.6. The average Bonchev–Trinajstić information content (AvgIpc) is 3.03. The summed E-state index contributed by atoms with van der Waals surface area (Å²) in [5.74, 6) is -3.02. The summed E-state index contributed by atoms with van der Waals surface area (Å²) in [6, 6.07) is 3.97. The number of nitrogens with zero attached hydrogens (tertiary/aromatic N) is 4. The van der Waals surface area contributed by atoms with Crippen LogP contribution in [0.3, 0.4) is 0 Å². The van der Waals surface area contributed by atoms with Crippen molar-refractivity contribution >= 4 is 5.95 Å². The molecule has 1 unspecified atom stereocenters. The Balaban J connectivity index is 1.46. The molecule has 2 aliphatic carbocycles. The van der Waals surface area contributed by atoms with Crippen LogP contribution in [-0.4, -0.2) is 44.2 Å². The number of rotatable bonds is 6. The predicted molar refractivity (Wildman–Crippen MR) is 164 cm³/mol. The Hall–Kier alpha value is -3.25. The monoisotopic (exact) mass is 662 g/mol. The molecule has 47 heavy (non-hydrogen) atoms. The summed E-state index contributed by atoms with van der Waals surface area (Å²) >= 11 is 0. The molecule has 1 aliphatic heterocycles. The van der Waals surface area contributed by atoms with Crippen LogP contribution in [0.5, 0.6) is 0 Å². The molecule has 2 aromatic heterocycles. The van der Waals surface area contributed by atoms with Gasteiger partial charge in [-0.1, -0.05) is 26.0 Å². The molecule has 254 valence electrons. The highest BCUT2D eigenvalue weighted by atomic mass is 19.4. The van der Waals surface area contributed by atoms with Crippen molar-refractivity contribution in [3.63, 3.8) is 0 Å². The van der Waals surface area contributed by atoms with Gasteiger partial charge in [0.1, 0.15) is 0 Å². The predicted octanol–water partition coefficient (Wildman–Crippen LogP) is 8.12. The maximum atomic E-state index is 17.1. The van der Waals surface area contributed by atoms with Crippen LogP contribution in [0.4, 0.5) is 32.3 Å². The van der Waals surface area contributed by atoms with Gasteiger partial charge in [-0.15, -0.1) is 0 Å². The zero-order valence-electron chi connectivity index (χ0n) is 26.5. The Morgan fingerprint density at radius 2 is 1.55 bits per heavy atom. The molecule has 1 aromatic carbocycles. The van der Waals surface area contributed by atoms with Gasteiger partial charge in [0.05, 0.1) is 24.0 Å². The van der Waals surface area contributed by atoms with Gasteiger partial charge in [0.2, 0.25) is 11.9 Å². The molecule has 3 aromatic rings. The number of anilines is 1. The molecule has 12 heteroatoms. The average molecular weight is 663 g/mol. The van der Waals surface area contributed by atoms with Gasteiger partial charge in [0, 0.05) is 66.6 Å². The molecule has 1 saturated carbocycles. The van der Waals surface area contributed by atoms with Crippen molar-refractivity contribution in [2.45, 2.75) is 108 Å². The molecule has 0 amide bonds. The molecular weight excluding hydrogens is 622 g/mol. The maximum Gasteiger partial charge on any atom is 0.416 e. The molecular formula is C35H40F6N4O2. The lowest BCUT2D eigenvalue weighted by Gasteiger charge is -2.41. The highest BCUT2D eigenvalue weighted by molar-refractivity contribution is 5.51. The van der Waals surface area contributed by atoms with E-state index in [1.165, 1.54) is 0 Å². The Morgan fingerprint density at radius 1 is 0.936 bits per heavy atom. The second kappa shape index (κ2) is 12.7. The van der Waals surface area contributed by atoms with Gasteiger partial charge in [-0.3, -0.25) is 4.98 Å². The number of alkyl halides is 6. The van der Waals surface area contributed by atoms with Crippen molar-refractivity contribution < 1.29 is 36.6 Å². The highest BCUT2D eigenvalue weighted by Crippen LogP contribution is 2.52. The number of pyridine rings is 1. The summed E-state index contributed by atoms with van der Waals surface area (Å²) in [6.45, 7) is 4.92. The van der Waals surface area contributed by atoms with Crippen molar-refractivity contribution in [2.24, 2.45) is 5.41 Å². The molecule has 1 saturated heterocycles. The lowest BCUT2D eigenvalue weighted by Crippen LogP contribution is -2.36. The van der Waals surface area contributed by atoms with E-state index >= 15 is 4.39 Å². The first-order chi connectivity index (χ1) is 22.2. The Kier molecular flexibility index (Phi) is 9.06. The van der Waals surface area contributed by atoms with Crippen molar-refractivity contribution in [3.8, 4) is 0 Å². The summed E-state index contributed by atoms with van der Waals surface area (Å²) in [5.41, 5.74) is 1.76. The van der Waals surface area contributed by atoms with E-state index in [0.717, 1.165) is 24.3 Å². The van der Waals surface area contributed by atoms with Crippen LogP contribution in [0.1, 0.15) is 128 Å². The lowest BCUT2D eigenvalue weighted by atomic mass is 9.68. The Labute approximate surface area is 270 Å². The topological polar surface area (TPSA) is 82.4 Å². The molecule has 6 nitrogen and oxygen atoms in total. The van der Waals surface area contributed by atoms with Crippen LogP contribution in [-0.2, 0) is 19.2 Å². The number of benzene rings is 1. The summed E-state index contributed by atoms with van der Waals surface area (Å²) in [4.78, 5) is 15.8. The van der Waals surface area contributed by atoms with E-state index < -0.39 is 35.9 Å². The summed E-state index contributed by atoms with van der Waals surface area (Å²) in [6.07, 6.45) is -2.84. The third kappa shape index (κ3) is 6.99. The molecule has 0 radical (unpaired) electrons. The van der Waals surface area contributed by atoms with Crippen LogP contribution < -0.4 is 4.90 Å². The first kappa shape index (κ1) is 33.6. The van der Waals surface area contributed by atoms with Crippen molar-refractivity contribution in [1.82, 2.24) is 15.0 Å². The third-order valence-corrected chi connectivity index (χ3v) is 10.1. The minimum Gasteiger partial charge on any atom is -0.392 e. The third-order valence-electron chi connectivity index (χ3n) is 10.1. The van der Waals surface area contributed by atoms with E-state index in [0.29, 0.717) is 72.8 Å². The van der Waals surface area contributed by atoms with E-state index in [9.17, 15) is 32.2 Å². The smallest absolute Gasteiger partial charge is 0.392 e. The van der Waals surface area contributed by atoms with E-state index in [2.05, 4.69) is 9.97 Å². The number of aliphatic hydroxyl groups excluding tert-OH is 2. The number of aliphatic hydroxyl groups is 2. The minimum absolute atomic E-state index is 0.0174. The zero-order chi connectivity index (χ0) is 33.7. The minimum atomic E-state index is -4.59. The number of hydrogen-bond acceptors (Lipinski definition) is 6. The fourth-order valence-electron chi connectivity index (χ4n) is 7.66. The van der Waals surface area contributed by atoms with Gasteiger partial charge >= 0.3 is 6.18 Å². The molecule has 6 rings (SSSR count). The molecule has 0 spiro atoms. The van der Waals surface area contributed by atoms with Gasteiger partial charge in [-0.05, 0) is 73.1 Å². The summed E-state index contributed by atoms with van der Waals surface area (Å²) in [5, 5.41) is 20.9. The number of fused-ring (bicyclic) bond motifs is 1. The molecule has 3 heterocycles. The second-order valence-corrected chi connectivity index (χ2v) is 14.2. The van der Waals surface area contributed by atoms with Crippen LogP contribution in [0.25, 0.3) is 0 Å². The maximum absolute atomic E-state index is 17.1. The fourth-order valence-corrected chi connectivity index (χ4v) is 7.66. The van der Waals surface area contributed by atoms with Crippen LogP contribution in [0.2, 0.25) is 0 Å². The number of aromatic nitrogens is 3. The second-order valence-electron chi connectivity index (χ2n) is 14.2. The van der Waals surface area contributed by atoms with Gasteiger partial charge in [-0.2, -0.15) is 13.2 Å². The molecule has 0 bridgehead atoms. The molecule has 2 fully saturated rings. The van der Waals surface area contributed by atoms with Gasteiger partial charge < -0.3 is 15.1 Å². The van der Waals surface area contributed by atoms with Crippen molar-refractivity contribution in [3.05, 3.63) is 81.4 Å². The first-order valence-electron chi connectivity index (χ1n) is 16.3. The van der Waals surface area contributed by atoms with E-state index in [4.69, 9.17) is 4.98 Å². The van der Waals surface area contributed by atoms with Gasteiger partial charge in [0.15, 0.2) is 6.17 Å². The Bertz CT molecular complexity index is 1560. The molecule has 3 aliphatic rings. The molecule has 2 N–H and O–H groups in total. The summed E-state index contributed by atoms with van der Waals surface area (Å²) in [7, 11) is 0. The first-order valence-corrected chi connectivity index (χ1v) is 16.3. The van der Waals surface area contributed by atoms with E-state index in [1.54, 1.807) is 12.4 Å². The van der Waals surface area contributed by atoms with Crippen LogP contribution >= 0.6 is 0 Å². The zero-order valence-corrected chi connectivity index (χ0v) is 26.5. The number of halogens is 6. The van der Waals surface area contributed by atoms with Gasteiger partial charge in [-0.25, -0.2) is 23.1 Å². The number of hydrogen-bond donors (Lipinski definition) is 2. The summed E-state index contributed by atoms with van der Waals surface area (Å²) < 4.78 is 86.1. The van der Waals surface area contributed by atoms with Crippen molar-refractivity contribution in [1.29, 1.82) is 0 Å².